The first-order valence-electron chi connectivity index (χ1n) is 10.2. The molecule has 154 valence electrons. The van der Waals surface area contributed by atoms with Crippen LogP contribution in [0.25, 0.3) is 0 Å². The van der Waals surface area contributed by atoms with Gasteiger partial charge in [0.05, 0.1) is 13.2 Å². The van der Waals surface area contributed by atoms with E-state index in [-0.39, 0.29) is 11.8 Å². The largest absolute Gasteiger partial charge is 0.490 e. The zero-order valence-corrected chi connectivity index (χ0v) is 17.3. The van der Waals surface area contributed by atoms with E-state index in [4.69, 9.17) is 9.47 Å². The van der Waals surface area contributed by atoms with Gasteiger partial charge in [-0.1, -0.05) is 13.8 Å². The van der Waals surface area contributed by atoms with E-state index in [2.05, 4.69) is 5.32 Å². The Morgan fingerprint density at radius 1 is 1.00 bits per heavy atom. The van der Waals surface area contributed by atoms with Crippen LogP contribution in [0, 0.1) is 0 Å². The van der Waals surface area contributed by atoms with Crippen molar-refractivity contribution in [3.05, 3.63) is 47.5 Å². The molecule has 1 aliphatic rings. The third kappa shape index (κ3) is 4.88. The third-order valence-corrected chi connectivity index (χ3v) is 4.74. The second-order valence-corrected chi connectivity index (χ2v) is 7.08. The summed E-state index contributed by atoms with van der Waals surface area (Å²) in [5, 5.41) is 2.93. The van der Waals surface area contributed by atoms with Gasteiger partial charge in [-0.3, -0.25) is 9.59 Å². The van der Waals surface area contributed by atoms with Crippen molar-refractivity contribution in [2.45, 2.75) is 40.0 Å². The molecule has 2 aromatic carbocycles. The standard InChI is InChI=1S/C23H28N2O4/c1-4-12-28-21-9-7-19(15-22(21)29-13-5-2)24-23(27)18-6-8-20-17(14-18)10-11-25(20)16(3)26/h6-9,14-15H,4-5,10-13H2,1-3H3,(H,24,27). The molecule has 0 aromatic heterocycles. The number of carbonyl (C=O) groups is 2. The Morgan fingerprint density at radius 3 is 2.41 bits per heavy atom. The van der Waals surface area contributed by atoms with Crippen LogP contribution >= 0.6 is 0 Å². The first kappa shape index (κ1) is 20.7. The first-order valence-corrected chi connectivity index (χ1v) is 10.2. The van der Waals surface area contributed by atoms with E-state index in [1.165, 1.54) is 0 Å². The van der Waals surface area contributed by atoms with Crippen molar-refractivity contribution in [1.82, 2.24) is 0 Å². The summed E-state index contributed by atoms with van der Waals surface area (Å²) in [6.45, 7) is 7.50. The van der Waals surface area contributed by atoms with Gasteiger partial charge in [-0.05, 0) is 55.2 Å². The molecule has 1 aliphatic heterocycles. The number of anilines is 2. The van der Waals surface area contributed by atoms with Crippen LogP contribution in [0.5, 0.6) is 11.5 Å². The lowest BCUT2D eigenvalue weighted by Gasteiger charge is -2.15. The molecule has 1 heterocycles. The summed E-state index contributed by atoms with van der Waals surface area (Å²) < 4.78 is 11.5. The average molecular weight is 396 g/mol. The number of rotatable bonds is 8. The minimum Gasteiger partial charge on any atom is -0.490 e. The number of ether oxygens (including phenoxy) is 2. The van der Waals surface area contributed by atoms with Crippen molar-refractivity contribution in [1.29, 1.82) is 0 Å². The van der Waals surface area contributed by atoms with Gasteiger partial charge in [-0.15, -0.1) is 0 Å². The van der Waals surface area contributed by atoms with Gasteiger partial charge >= 0.3 is 0 Å². The normalized spacial score (nSPS) is 12.4. The summed E-state index contributed by atoms with van der Waals surface area (Å²) in [7, 11) is 0. The van der Waals surface area contributed by atoms with Gasteiger partial charge in [-0.25, -0.2) is 0 Å². The SMILES string of the molecule is CCCOc1ccc(NC(=O)c2ccc3c(c2)CCN3C(C)=O)cc1OCCC. The molecule has 0 unspecified atom stereocenters. The molecule has 29 heavy (non-hydrogen) atoms. The van der Waals surface area contributed by atoms with Crippen LogP contribution in [-0.2, 0) is 11.2 Å². The quantitative estimate of drug-likeness (QED) is 0.717. The maximum Gasteiger partial charge on any atom is 0.255 e. The molecule has 2 aromatic rings. The highest BCUT2D eigenvalue weighted by Crippen LogP contribution is 2.32. The average Bonchev–Trinajstić information content (AvgIpc) is 3.15. The van der Waals surface area contributed by atoms with Crippen molar-refractivity contribution < 1.29 is 19.1 Å². The first-order chi connectivity index (χ1) is 14.0. The molecule has 0 spiro atoms. The van der Waals surface area contributed by atoms with Gasteiger partial charge in [0.2, 0.25) is 5.91 Å². The van der Waals surface area contributed by atoms with E-state index < -0.39 is 0 Å². The van der Waals surface area contributed by atoms with Crippen LogP contribution < -0.4 is 19.7 Å². The van der Waals surface area contributed by atoms with Gasteiger partial charge in [0.1, 0.15) is 0 Å². The molecule has 0 aliphatic carbocycles. The van der Waals surface area contributed by atoms with E-state index in [1.54, 1.807) is 24.0 Å². The minimum absolute atomic E-state index is 0.0194. The number of hydrogen-bond acceptors (Lipinski definition) is 4. The summed E-state index contributed by atoms with van der Waals surface area (Å²) in [5.74, 6) is 1.13. The Bertz CT molecular complexity index is 894. The number of amides is 2. The molecular formula is C23H28N2O4. The molecule has 0 bridgehead atoms. The fraction of sp³-hybridized carbons (Fsp3) is 0.391. The molecule has 1 N–H and O–H groups in total. The lowest BCUT2D eigenvalue weighted by molar-refractivity contribution is -0.116. The molecule has 3 rings (SSSR count). The summed E-state index contributed by atoms with van der Waals surface area (Å²) in [6, 6.07) is 10.9. The lowest BCUT2D eigenvalue weighted by atomic mass is 10.1. The fourth-order valence-electron chi connectivity index (χ4n) is 3.32. The van der Waals surface area contributed by atoms with Crippen molar-refractivity contribution in [3.8, 4) is 11.5 Å². The highest BCUT2D eigenvalue weighted by atomic mass is 16.5. The second-order valence-electron chi connectivity index (χ2n) is 7.08. The maximum atomic E-state index is 12.7. The van der Waals surface area contributed by atoms with E-state index in [0.29, 0.717) is 42.5 Å². The molecular weight excluding hydrogens is 368 g/mol. The van der Waals surface area contributed by atoms with Gasteiger partial charge < -0.3 is 19.7 Å². The number of nitrogens with one attached hydrogen (secondary N) is 1. The number of hydrogen-bond donors (Lipinski definition) is 1. The Kier molecular flexibility index (Phi) is 6.75. The zero-order chi connectivity index (χ0) is 20.8. The van der Waals surface area contributed by atoms with Crippen LogP contribution in [0.3, 0.4) is 0 Å². The smallest absolute Gasteiger partial charge is 0.255 e. The number of benzene rings is 2. The summed E-state index contributed by atoms with van der Waals surface area (Å²) in [4.78, 5) is 26.2. The molecule has 6 nitrogen and oxygen atoms in total. The number of nitrogens with zero attached hydrogens (tertiary/aromatic N) is 1. The summed E-state index contributed by atoms with van der Waals surface area (Å²) in [6.07, 6.45) is 2.55. The second kappa shape index (κ2) is 9.45. The lowest BCUT2D eigenvalue weighted by Crippen LogP contribution is -2.25. The van der Waals surface area contributed by atoms with E-state index in [9.17, 15) is 9.59 Å². The Morgan fingerprint density at radius 2 is 1.72 bits per heavy atom. The van der Waals surface area contributed by atoms with Crippen molar-refractivity contribution in [3.63, 3.8) is 0 Å². The molecule has 0 saturated carbocycles. The molecule has 2 amide bonds. The highest BCUT2D eigenvalue weighted by Gasteiger charge is 2.23. The topological polar surface area (TPSA) is 67.9 Å². The fourth-order valence-corrected chi connectivity index (χ4v) is 3.32. The van der Waals surface area contributed by atoms with Crippen molar-refractivity contribution in [2.24, 2.45) is 0 Å². The molecule has 0 saturated heterocycles. The van der Waals surface area contributed by atoms with Gasteiger partial charge in [0.15, 0.2) is 11.5 Å². The predicted octanol–water partition coefficient (Wildman–Crippen LogP) is 4.43. The molecule has 0 radical (unpaired) electrons. The van der Waals surface area contributed by atoms with E-state index >= 15 is 0 Å². The maximum absolute atomic E-state index is 12.7. The van der Waals surface area contributed by atoms with Crippen LogP contribution in [-0.4, -0.2) is 31.6 Å². The summed E-state index contributed by atoms with van der Waals surface area (Å²) in [5.41, 5.74) is 3.12. The third-order valence-electron chi connectivity index (χ3n) is 4.74. The Balaban J connectivity index is 1.75. The zero-order valence-electron chi connectivity index (χ0n) is 17.3. The molecule has 6 heteroatoms. The van der Waals surface area contributed by atoms with Crippen molar-refractivity contribution in [2.75, 3.05) is 30.0 Å². The van der Waals surface area contributed by atoms with E-state index in [0.717, 1.165) is 30.5 Å². The Hall–Kier alpha value is -3.02. The number of fused-ring (bicyclic) bond motifs is 1. The van der Waals surface area contributed by atoms with Gasteiger partial charge in [0, 0.05) is 36.5 Å². The van der Waals surface area contributed by atoms with E-state index in [1.807, 2.05) is 38.1 Å². The van der Waals surface area contributed by atoms with Crippen LogP contribution in [0.2, 0.25) is 0 Å². The van der Waals surface area contributed by atoms with Gasteiger partial charge in [0.25, 0.3) is 5.91 Å². The minimum atomic E-state index is -0.197. The highest BCUT2D eigenvalue weighted by molar-refractivity contribution is 6.05. The monoisotopic (exact) mass is 396 g/mol. The number of carbonyl (C=O) groups excluding carboxylic acids is 2. The Labute approximate surface area is 171 Å². The van der Waals surface area contributed by atoms with Gasteiger partial charge in [-0.2, -0.15) is 0 Å². The summed E-state index contributed by atoms with van der Waals surface area (Å²) >= 11 is 0. The van der Waals surface area contributed by atoms with Crippen molar-refractivity contribution >= 4 is 23.2 Å². The molecule has 0 atom stereocenters. The predicted molar refractivity (Wildman–Crippen MR) is 114 cm³/mol. The molecule has 0 fully saturated rings. The van der Waals surface area contributed by atoms with Crippen LogP contribution in [0.15, 0.2) is 36.4 Å². The van der Waals surface area contributed by atoms with Crippen LogP contribution in [0.4, 0.5) is 11.4 Å². The van der Waals surface area contributed by atoms with Crippen LogP contribution in [0.1, 0.15) is 49.5 Å².